The maximum Gasteiger partial charge on any atom is 0.314 e. The molecule has 3 rings (SSSR count). The van der Waals surface area contributed by atoms with Crippen LogP contribution in [-0.2, 0) is 6.54 Å². The number of rotatable bonds is 8. The van der Waals surface area contributed by atoms with Crippen LogP contribution >= 0.6 is 0 Å². The molecule has 0 aliphatic carbocycles. The summed E-state index contributed by atoms with van der Waals surface area (Å²) in [5.74, 6) is 1.51. The molecule has 1 heterocycles. The van der Waals surface area contributed by atoms with E-state index in [1.165, 1.54) is 0 Å². The molecule has 2 aromatic carbocycles. The molecule has 0 bridgehead atoms. The number of pyridine rings is 1. The second-order valence-corrected chi connectivity index (χ2v) is 6.39. The van der Waals surface area contributed by atoms with Crippen LogP contribution in [0.4, 0.5) is 11.5 Å². The largest absolute Gasteiger partial charge is 0.493 e. The highest BCUT2D eigenvalue weighted by atomic mass is 16.6. The van der Waals surface area contributed by atoms with Gasteiger partial charge in [-0.05, 0) is 37.1 Å². The Labute approximate surface area is 169 Å². The van der Waals surface area contributed by atoms with Gasteiger partial charge in [0.1, 0.15) is 0 Å². The molecule has 150 valence electrons. The fraction of sp³-hybridized carbons (Fsp3) is 0.227. The van der Waals surface area contributed by atoms with Crippen molar-refractivity contribution in [2.24, 2.45) is 0 Å². The maximum atomic E-state index is 11.7. The predicted octanol–water partition coefficient (Wildman–Crippen LogP) is 4.98. The Morgan fingerprint density at radius 3 is 2.55 bits per heavy atom. The minimum Gasteiger partial charge on any atom is -0.493 e. The normalized spacial score (nSPS) is 10.4. The average Bonchev–Trinajstić information content (AvgIpc) is 2.73. The summed E-state index contributed by atoms with van der Waals surface area (Å²) in [6.45, 7) is 4.52. The van der Waals surface area contributed by atoms with Gasteiger partial charge >= 0.3 is 5.69 Å². The van der Waals surface area contributed by atoms with E-state index in [0.717, 1.165) is 16.7 Å². The molecule has 0 atom stereocenters. The second-order valence-electron chi connectivity index (χ2n) is 6.39. The Kier molecular flexibility index (Phi) is 6.29. The van der Waals surface area contributed by atoms with Crippen LogP contribution in [0.3, 0.4) is 0 Å². The van der Waals surface area contributed by atoms with E-state index in [9.17, 15) is 10.1 Å². The van der Waals surface area contributed by atoms with Gasteiger partial charge in [-0.15, -0.1) is 0 Å². The third kappa shape index (κ3) is 4.45. The zero-order chi connectivity index (χ0) is 20.8. The van der Waals surface area contributed by atoms with E-state index in [-0.39, 0.29) is 11.5 Å². The first kappa shape index (κ1) is 20.1. The first-order valence-electron chi connectivity index (χ1n) is 9.28. The molecule has 29 heavy (non-hydrogen) atoms. The summed E-state index contributed by atoms with van der Waals surface area (Å²) < 4.78 is 10.9. The molecule has 0 aliphatic rings. The molecule has 0 amide bonds. The molecule has 0 saturated carbocycles. The first-order chi connectivity index (χ1) is 14.0. The highest BCUT2D eigenvalue weighted by Crippen LogP contribution is 2.34. The summed E-state index contributed by atoms with van der Waals surface area (Å²) in [6, 6.07) is 15.1. The van der Waals surface area contributed by atoms with Crippen molar-refractivity contribution < 1.29 is 14.4 Å². The zero-order valence-corrected chi connectivity index (χ0v) is 16.6. The number of nitrogens with zero attached hydrogens (tertiary/aromatic N) is 2. The SMILES string of the molecule is CCOc1cc(CNc2ncc(-c3ccccc3)c(C)c2[N+](=O)[O-])ccc1OC. The summed E-state index contributed by atoms with van der Waals surface area (Å²) in [6.07, 6.45) is 1.67. The van der Waals surface area contributed by atoms with Gasteiger partial charge < -0.3 is 14.8 Å². The van der Waals surface area contributed by atoms with Gasteiger partial charge in [0.05, 0.1) is 18.6 Å². The molecule has 0 unspecified atom stereocenters. The van der Waals surface area contributed by atoms with E-state index in [0.29, 0.717) is 30.2 Å². The van der Waals surface area contributed by atoms with Crippen molar-refractivity contribution in [3.63, 3.8) is 0 Å². The van der Waals surface area contributed by atoms with Gasteiger partial charge in [0.15, 0.2) is 11.5 Å². The van der Waals surface area contributed by atoms with Crippen molar-refractivity contribution in [2.45, 2.75) is 20.4 Å². The predicted molar refractivity (Wildman–Crippen MR) is 113 cm³/mol. The summed E-state index contributed by atoms with van der Waals surface area (Å²) in [7, 11) is 1.58. The Balaban J connectivity index is 1.89. The molecule has 0 spiro atoms. The van der Waals surface area contributed by atoms with Crippen LogP contribution in [0, 0.1) is 17.0 Å². The number of hydrogen-bond acceptors (Lipinski definition) is 6. The molecule has 3 aromatic rings. The number of ether oxygens (including phenoxy) is 2. The summed E-state index contributed by atoms with van der Waals surface area (Å²) in [5, 5.41) is 14.8. The number of benzene rings is 2. The van der Waals surface area contributed by atoms with Gasteiger partial charge in [-0.1, -0.05) is 36.4 Å². The van der Waals surface area contributed by atoms with Gasteiger partial charge in [0.25, 0.3) is 0 Å². The number of nitrogens with one attached hydrogen (secondary N) is 1. The number of nitro groups is 1. The molecule has 0 aliphatic heterocycles. The lowest BCUT2D eigenvalue weighted by atomic mass is 10.0. The molecule has 7 heteroatoms. The highest BCUT2D eigenvalue weighted by molar-refractivity contribution is 5.75. The van der Waals surface area contributed by atoms with Crippen LogP contribution in [0.2, 0.25) is 0 Å². The number of aromatic nitrogens is 1. The zero-order valence-electron chi connectivity index (χ0n) is 16.6. The van der Waals surface area contributed by atoms with Gasteiger partial charge in [-0.2, -0.15) is 0 Å². The fourth-order valence-corrected chi connectivity index (χ4v) is 3.14. The van der Waals surface area contributed by atoms with E-state index in [2.05, 4.69) is 10.3 Å². The number of anilines is 1. The Morgan fingerprint density at radius 1 is 1.14 bits per heavy atom. The number of methoxy groups -OCH3 is 1. The second kappa shape index (κ2) is 9.05. The lowest BCUT2D eigenvalue weighted by Gasteiger charge is -2.13. The molecule has 0 fully saturated rings. The minimum atomic E-state index is -0.392. The molecule has 7 nitrogen and oxygen atoms in total. The molecule has 1 N–H and O–H groups in total. The minimum absolute atomic E-state index is 0.0232. The summed E-state index contributed by atoms with van der Waals surface area (Å²) in [5.41, 5.74) is 3.08. The lowest BCUT2D eigenvalue weighted by Crippen LogP contribution is -2.07. The van der Waals surface area contributed by atoms with E-state index < -0.39 is 4.92 Å². The molecular weight excluding hydrogens is 370 g/mol. The van der Waals surface area contributed by atoms with Crippen molar-refractivity contribution in [3.8, 4) is 22.6 Å². The van der Waals surface area contributed by atoms with Gasteiger partial charge in [-0.3, -0.25) is 10.1 Å². The first-order valence-corrected chi connectivity index (χ1v) is 9.28. The van der Waals surface area contributed by atoms with Gasteiger partial charge in [0.2, 0.25) is 5.82 Å². The van der Waals surface area contributed by atoms with E-state index in [4.69, 9.17) is 9.47 Å². The summed E-state index contributed by atoms with van der Waals surface area (Å²) >= 11 is 0. The van der Waals surface area contributed by atoms with Crippen molar-refractivity contribution in [2.75, 3.05) is 19.0 Å². The van der Waals surface area contributed by atoms with E-state index in [1.807, 2.05) is 55.5 Å². The monoisotopic (exact) mass is 393 g/mol. The van der Waals surface area contributed by atoms with Crippen LogP contribution < -0.4 is 14.8 Å². The van der Waals surface area contributed by atoms with Crippen LogP contribution in [0.1, 0.15) is 18.1 Å². The van der Waals surface area contributed by atoms with Crippen molar-refractivity contribution >= 4 is 11.5 Å². The Morgan fingerprint density at radius 2 is 1.90 bits per heavy atom. The van der Waals surface area contributed by atoms with Gasteiger partial charge in [0, 0.05) is 23.9 Å². The van der Waals surface area contributed by atoms with Crippen LogP contribution in [-0.4, -0.2) is 23.6 Å². The lowest BCUT2D eigenvalue weighted by molar-refractivity contribution is -0.384. The van der Waals surface area contributed by atoms with Crippen molar-refractivity contribution in [1.82, 2.24) is 4.98 Å². The molecular formula is C22H23N3O4. The average molecular weight is 393 g/mol. The molecule has 0 saturated heterocycles. The topological polar surface area (TPSA) is 86.5 Å². The molecule has 1 aromatic heterocycles. The molecule has 0 radical (unpaired) electrons. The Bertz CT molecular complexity index is 1010. The standard InChI is InChI=1S/C22H23N3O4/c1-4-29-20-12-16(10-11-19(20)28-3)13-23-22-21(25(26)27)15(2)18(14-24-22)17-8-6-5-7-9-17/h5-12,14H,4,13H2,1-3H3,(H,23,24). The van der Waals surface area contributed by atoms with Crippen LogP contribution in [0.15, 0.2) is 54.7 Å². The van der Waals surface area contributed by atoms with Crippen LogP contribution in [0.25, 0.3) is 11.1 Å². The summed E-state index contributed by atoms with van der Waals surface area (Å²) in [4.78, 5) is 15.7. The van der Waals surface area contributed by atoms with Crippen molar-refractivity contribution in [3.05, 3.63) is 76.0 Å². The third-order valence-corrected chi connectivity index (χ3v) is 4.56. The third-order valence-electron chi connectivity index (χ3n) is 4.56. The Hall–Kier alpha value is -3.61. The fourth-order valence-electron chi connectivity index (χ4n) is 3.14. The van der Waals surface area contributed by atoms with Gasteiger partial charge in [-0.25, -0.2) is 4.98 Å². The van der Waals surface area contributed by atoms with E-state index in [1.54, 1.807) is 20.2 Å². The highest BCUT2D eigenvalue weighted by Gasteiger charge is 2.22. The number of hydrogen-bond donors (Lipinski definition) is 1. The van der Waals surface area contributed by atoms with E-state index >= 15 is 0 Å². The van der Waals surface area contributed by atoms with Crippen molar-refractivity contribution in [1.29, 1.82) is 0 Å². The smallest absolute Gasteiger partial charge is 0.314 e. The quantitative estimate of drug-likeness (QED) is 0.429. The van der Waals surface area contributed by atoms with Crippen LogP contribution in [0.5, 0.6) is 11.5 Å². The maximum absolute atomic E-state index is 11.7.